The fourth-order valence-corrected chi connectivity index (χ4v) is 0.335. The number of carbonyl (C=O) groups excluding carboxylic acids is 1. The van der Waals surface area contributed by atoms with E-state index in [1.807, 2.05) is 13.8 Å². The summed E-state index contributed by atoms with van der Waals surface area (Å²) in [6.45, 7) is 3.99. The molecule has 0 aliphatic carbocycles. The van der Waals surface area contributed by atoms with Crippen LogP contribution in [0.3, 0.4) is 0 Å². The molecule has 0 aromatic rings. The van der Waals surface area contributed by atoms with Gasteiger partial charge in [-0.05, 0) is 6.42 Å². The van der Waals surface area contributed by atoms with Crippen molar-refractivity contribution >= 4 is 5.97 Å². The van der Waals surface area contributed by atoms with E-state index in [0.717, 1.165) is 6.42 Å². The van der Waals surface area contributed by atoms with Gasteiger partial charge in [0.1, 0.15) is 0 Å². The molecule has 1 atom stereocenters. The molecule has 0 N–H and O–H groups in total. The lowest BCUT2D eigenvalue weighted by Crippen LogP contribution is -1.96. The van der Waals surface area contributed by atoms with Gasteiger partial charge in [0.25, 0.3) is 0 Å². The number of methoxy groups -OCH3 is 1. The Morgan fingerprint density at radius 1 is 1.70 bits per heavy atom. The van der Waals surface area contributed by atoms with Crippen molar-refractivity contribution in [3.63, 3.8) is 0 Å². The van der Waals surface area contributed by atoms with Crippen molar-refractivity contribution in [3.05, 3.63) is 0 Å². The van der Waals surface area contributed by atoms with Crippen LogP contribution in [0.4, 0.5) is 0 Å². The monoisotopic (exact) mass is 140 g/mol. The molecule has 10 heavy (non-hydrogen) atoms. The topological polar surface area (TPSA) is 26.3 Å². The van der Waals surface area contributed by atoms with Crippen LogP contribution in [0.15, 0.2) is 0 Å². The summed E-state index contributed by atoms with van der Waals surface area (Å²) in [4.78, 5) is 10.4. The third-order valence-electron chi connectivity index (χ3n) is 1.22. The Kier molecular flexibility index (Phi) is 4.39. The molecule has 2 nitrogen and oxygen atoms in total. The maximum absolute atomic E-state index is 10.4. The Labute approximate surface area is 61.6 Å². The van der Waals surface area contributed by atoms with Gasteiger partial charge in [0.15, 0.2) is 0 Å². The largest absolute Gasteiger partial charge is 0.459 e. The number of hydrogen-bond acceptors (Lipinski definition) is 2. The molecule has 1 unspecified atom stereocenters. The number of carbonyl (C=O) groups is 1. The van der Waals surface area contributed by atoms with Gasteiger partial charge < -0.3 is 4.74 Å². The summed E-state index contributed by atoms with van der Waals surface area (Å²) in [6, 6.07) is 0. The minimum atomic E-state index is -0.458. The zero-order valence-corrected chi connectivity index (χ0v) is 6.60. The molecular weight excluding hydrogens is 128 g/mol. The molecule has 0 saturated carbocycles. The second-order valence-electron chi connectivity index (χ2n) is 2.07. The van der Waals surface area contributed by atoms with Crippen molar-refractivity contribution in [3.8, 4) is 11.8 Å². The Bertz CT molecular complexity index is 162. The first kappa shape index (κ1) is 9.03. The first-order chi connectivity index (χ1) is 4.70. The Morgan fingerprint density at radius 3 is 2.70 bits per heavy atom. The van der Waals surface area contributed by atoms with Gasteiger partial charge in [-0.25, -0.2) is 4.79 Å². The molecule has 0 aromatic heterocycles. The first-order valence-electron chi connectivity index (χ1n) is 3.30. The highest BCUT2D eigenvalue weighted by Crippen LogP contribution is 1.95. The van der Waals surface area contributed by atoms with Crippen LogP contribution in [0.25, 0.3) is 0 Å². The Morgan fingerprint density at radius 2 is 2.30 bits per heavy atom. The van der Waals surface area contributed by atoms with Gasteiger partial charge in [-0.15, -0.1) is 0 Å². The SMILES string of the molecule is CCC(C)C#CC(=O)OC. The molecule has 0 radical (unpaired) electrons. The van der Waals surface area contributed by atoms with E-state index in [0.29, 0.717) is 0 Å². The normalized spacial score (nSPS) is 11.1. The average molecular weight is 140 g/mol. The Balaban J connectivity index is 3.78. The highest BCUT2D eigenvalue weighted by Gasteiger charge is 1.92. The third kappa shape index (κ3) is 3.96. The quantitative estimate of drug-likeness (QED) is 0.311. The fourth-order valence-electron chi connectivity index (χ4n) is 0.335. The van der Waals surface area contributed by atoms with Crippen molar-refractivity contribution in [2.75, 3.05) is 7.11 Å². The smallest absolute Gasteiger partial charge is 0.384 e. The Hall–Kier alpha value is -0.970. The highest BCUT2D eigenvalue weighted by molar-refractivity contribution is 5.88. The molecule has 0 aliphatic rings. The summed E-state index contributed by atoms with van der Waals surface area (Å²) >= 11 is 0. The van der Waals surface area contributed by atoms with Gasteiger partial charge in [-0.1, -0.05) is 19.8 Å². The van der Waals surface area contributed by atoms with E-state index in [1.54, 1.807) is 0 Å². The molecule has 56 valence electrons. The molecule has 0 spiro atoms. The van der Waals surface area contributed by atoms with E-state index in [9.17, 15) is 4.79 Å². The van der Waals surface area contributed by atoms with Crippen molar-refractivity contribution in [2.24, 2.45) is 5.92 Å². The van der Waals surface area contributed by atoms with Gasteiger partial charge in [-0.3, -0.25) is 0 Å². The van der Waals surface area contributed by atoms with Crippen LogP contribution >= 0.6 is 0 Å². The maximum atomic E-state index is 10.4. The van der Waals surface area contributed by atoms with Gasteiger partial charge in [0.2, 0.25) is 0 Å². The molecule has 0 aromatic carbocycles. The van der Waals surface area contributed by atoms with Gasteiger partial charge >= 0.3 is 5.97 Å². The third-order valence-corrected chi connectivity index (χ3v) is 1.22. The lowest BCUT2D eigenvalue weighted by atomic mass is 10.1. The summed E-state index contributed by atoms with van der Waals surface area (Å²) < 4.78 is 4.33. The van der Waals surface area contributed by atoms with E-state index in [4.69, 9.17) is 0 Å². The van der Waals surface area contributed by atoms with Gasteiger partial charge in [0.05, 0.1) is 7.11 Å². The van der Waals surface area contributed by atoms with E-state index in [2.05, 4.69) is 16.6 Å². The number of esters is 1. The predicted octanol–water partition coefficient (Wildman–Crippen LogP) is 1.21. The van der Waals surface area contributed by atoms with E-state index in [1.165, 1.54) is 7.11 Å². The molecule has 0 saturated heterocycles. The van der Waals surface area contributed by atoms with E-state index in [-0.39, 0.29) is 5.92 Å². The van der Waals surface area contributed by atoms with Crippen LogP contribution in [0.1, 0.15) is 20.3 Å². The second kappa shape index (κ2) is 4.87. The molecule has 0 fully saturated rings. The van der Waals surface area contributed by atoms with E-state index < -0.39 is 5.97 Å². The predicted molar refractivity (Wildman–Crippen MR) is 39.2 cm³/mol. The summed E-state index contributed by atoms with van der Waals surface area (Å²) in [7, 11) is 1.33. The molecule has 0 rings (SSSR count). The molecule has 0 aliphatic heterocycles. The molecule has 2 heteroatoms. The summed E-state index contributed by atoms with van der Waals surface area (Å²) in [6.07, 6.45) is 0.962. The number of ether oxygens (including phenoxy) is 1. The summed E-state index contributed by atoms with van der Waals surface area (Å²) in [5.41, 5.74) is 0. The molecule has 0 heterocycles. The lowest BCUT2D eigenvalue weighted by Gasteiger charge is -1.93. The first-order valence-corrected chi connectivity index (χ1v) is 3.30. The standard InChI is InChI=1S/C8H12O2/c1-4-7(2)5-6-8(9)10-3/h7H,4H2,1-3H3. The van der Waals surface area contributed by atoms with Crippen molar-refractivity contribution in [1.82, 2.24) is 0 Å². The van der Waals surface area contributed by atoms with Gasteiger partial charge in [-0.2, -0.15) is 0 Å². The molecular formula is C8H12O2. The number of hydrogen-bond donors (Lipinski definition) is 0. The molecule has 0 bridgehead atoms. The zero-order valence-electron chi connectivity index (χ0n) is 6.60. The van der Waals surface area contributed by atoms with E-state index >= 15 is 0 Å². The second-order valence-corrected chi connectivity index (χ2v) is 2.07. The number of rotatable bonds is 1. The minimum Gasteiger partial charge on any atom is -0.459 e. The fraction of sp³-hybridized carbons (Fsp3) is 0.625. The lowest BCUT2D eigenvalue weighted by molar-refractivity contribution is -0.133. The minimum absolute atomic E-state index is 0.277. The van der Waals surface area contributed by atoms with Crippen LogP contribution in [0.5, 0.6) is 0 Å². The highest BCUT2D eigenvalue weighted by atomic mass is 16.5. The summed E-state index contributed by atoms with van der Waals surface area (Å²) in [5.74, 6) is 4.95. The van der Waals surface area contributed by atoms with Crippen LogP contribution < -0.4 is 0 Å². The van der Waals surface area contributed by atoms with Crippen LogP contribution in [0.2, 0.25) is 0 Å². The molecule has 0 amide bonds. The van der Waals surface area contributed by atoms with Crippen molar-refractivity contribution < 1.29 is 9.53 Å². The van der Waals surface area contributed by atoms with Crippen LogP contribution in [-0.4, -0.2) is 13.1 Å². The van der Waals surface area contributed by atoms with Gasteiger partial charge in [0, 0.05) is 11.8 Å². The summed E-state index contributed by atoms with van der Waals surface area (Å²) in [5, 5.41) is 0. The maximum Gasteiger partial charge on any atom is 0.384 e. The van der Waals surface area contributed by atoms with Crippen molar-refractivity contribution in [1.29, 1.82) is 0 Å². The average Bonchev–Trinajstić information content (AvgIpc) is 1.99. The zero-order chi connectivity index (χ0) is 7.98. The van der Waals surface area contributed by atoms with Crippen LogP contribution in [-0.2, 0) is 9.53 Å². The van der Waals surface area contributed by atoms with Crippen LogP contribution in [0, 0.1) is 17.8 Å². The van der Waals surface area contributed by atoms with Crippen molar-refractivity contribution in [2.45, 2.75) is 20.3 Å².